The molecular weight excluding hydrogens is 304 g/mol. The first-order valence-electron chi connectivity index (χ1n) is 7.20. The summed E-state index contributed by atoms with van der Waals surface area (Å²) in [6.07, 6.45) is 0.811. The summed E-state index contributed by atoms with van der Waals surface area (Å²) in [7, 11) is 1.82. The van der Waals surface area contributed by atoms with Crippen molar-refractivity contribution in [2.24, 2.45) is 5.92 Å². The molecule has 1 aliphatic heterocycles. The van der Waals surface area contributed by atoms with E-state index in [9.17, 15) is 9.59 Å². The molecule has 2 amide bonds. The van der Waals surface area contributed by atoms with E-state index < -0.39 is 0 Å². The molecule has 116 valence electrons. The van der Waals surface area contributed by atoms with Gasteiger partial charge in [-0.1, -0.05) is 19.9 Å². The monoisotopic (exact) mass is 326 g/mol. The maximum Gasteiger partial charge on any atom is 0.246 e. The van der Waals surface area contributed by atoms with Crippen LogP contribution in [0.4, 0.5) is 0 Å². The van der Waals surface area contributed by atoms with E-state index in [-0.39, 0.29) is 23.8 Å². The Bertz CT molecular complexity index is 490. The predicted octanol–water partition coefficient (Wildman–Crippen LogP) is 2.65. The Morgan fingerprint density at radius 3 is 2.90 bits per heavy atom. The van der Waals surface area contributed by atoms with E-state index in [0.717, 1.165) is 11.3 Å². The molecule has 0 spiro atoms. The standard InChI is InChI=1S/C15H22N2O2S2/c1-4-11(2)14(18)17-10-20-9-13(17)15(19)16(3)8-12-6-5-7-21-12/h5-7,11,13H,4,8-10H2,1-3H3/t11-,13+/m0/s1. The van der Waals surface area contributed by atoms with Gasteiger partial charge in [-0.15, -0.1) is 23.1 Å². The van der Waals surface area contributed by atoms with Gasteiger partial charge in [0, 0.05) is 23.6 Å². The Labute approximate surface area is 134 Å². The molecule has 1 aromatic heterocycles. The SMILES string of the molecule is CC[C@H](C)C(=O)N1CSC[C@@H]1C(=O)N(C)Cc1cccs1. The zero-order chi connectivity index (χ0) is 15.4. The summed E-state index contributed by atoms with van der Waals surface area (Å²) in [5, 5.41) is 2.01. The quantitative estimate of drug-likeness (QED) is 0.835. The number of nitrogens with zero attached hydrogens (tertiary/aromatic N) is 2. The number of thiophene rings is 1. The minimum Gasteiger partial charge on any atom is -0.339 e. The highest BCUT2D eigenvalue weighted by molar-refractivity contribution is 7.99. The van der Waals surface area contributed by atoms with Crippen LogP contribution in [0.3, 0.4) is 0 Å². The molecule has 0 aliphatic carbocycles. The minimum absolute atomic E-state index is 0.0124. The number of rotatable bonds is 5. The molecule has 0 N–H and O–H groups in total. The van der Waals surface area contributed by atoms with Gasteiger partial charge in [0.2, 0.25) is 11.8 Å². The first-order valence-corrected chi connectivity index (χ1v) is 9.23. The van der Waals surface area contributed by atoms with Crippen LogP contribution in [0.2, 0.25) is 0 Å². The molecule has 0 saturated carbocycles. The van der Waals surface area contributed by atoms with E-state index in [4.69, 9.17) is 0 Å². The number of hydrogen-bond acceptors (Lipinski definition) is 4. The molecule has 0 bridgehead atoms. The first-order chi connectivity index (χ1) is 10.0. The molecular formula is C15H22N2O2S2. The molecule has 0 radical (unpaired) electrons. The lowest BCUT2D eigenvalue weighted by atomic mass is 10.1. The van der Waals surface area contributed by atoms with Crippen molar-refractivity contribution in [1.82, 2.24) is 9.80 Å². The maximum atomic E-state index is 12.6. The predicted molar refractivity (Wildman–Crippen MR) is 88.2 cm³/mol. The Kier molecular flexibility index (Phi) is 5.70. The summed E-state index contributed by atoms with van der Waals surface area (Å²) in [5.41, 5.74) is 0. The third-order valence-electron chi connectivity index (χ3n) is 3.83. The van der Waals surface area contributed by atoms with Crippen LogP contribution in [0.1, 0.15) is 25.1 Å². The molecule has 0 aromatic carbocycles. The van der Waals surface area contributed by atoms with Crippen LogP contribution >= 0.6 is 23.1 Å². The van der Waals surface area contributed by atoms with Crippen LogP contribution in [0.5, 0.6) is 0 Å². The van der Waals surface area contributed by atoms with E-state index in [2.05, 4.69) is 0 Å². The lowest BCUT2D eigenvalue weighted by Gasteiger charge is -2.28. The fourth-order valence-electron chi connectivity index (χ4n) is 2.29. The van der Waals surface area contributed by atoms with Gasteiger partial charge >= 0.3 is 0 Å². The second kappa shape index (κ2) is 7.31. The van der Waals surface area contributed by atoms with Crippen molar-refractivity contribution in [2.75, 3.05) is 18.7 Å². The average Bonchev–Trinajstić information content (AvgIpc) is 3.15. The number of thioether (sulfide) groups is 1. The van der Waals surface area contributed by atoms with Gasteiger partial charge in [0.25, 0.3) is 0 Å². The largest absolute Gasteiger partial charge is 0.339 e. The van der Waals surface area contributed by atoms with Crippen LogP contribution in [0.25, 0.3) is 0 Å². The van der Waals surface area contributed by atoms with Crippen LogP contribution in [0, 0.1) is 5.92 Å². The van der Waals surface area contributed by atoms with Gasteiger partial charge in [0.1, 0.15) is 6.04 Å². The summed E-state index contributed by atoms with van der Waals surface area (Å²) in [6, 6.07) is 3.71. The number of carbonyl (C=O) groups is 2. The summed E-state index contributed by atoms with van der Waals surface area (Å²) < 4.78 is 0. The highest BCUT2D eigenvalue weighted by Gasteiger charge is 2.37. The van der Waals surface area contributed by atoms with Gasteiger partial charge in [0.05, 0.1) is 12.4 Å². The highest BCUT2D eigenvalue weighted by atomic mass is 32.2. The molecule has 2 atom stereocenters. The summed E-state index contributed by atoms with van der Waals surface area (Å²) in [5.74, 6) is 1.47. The van der Waals surface area contributed by atoms with Gasteiger partial charge in [-0.2, -0.15) is 0 Å². The first kappa shape index (κ1) is 16.4. The molecule has 1 aliphatic rings. The normalized spacial score (nSPS) is 19.6. The van der Waals surface area contributed by atoms with E-state index >= 15 is 0 Å². The molecule has 21 heavy (non-hydrogen) atoms. The second-order valence-electron chi connectivity index (χ2n) is 5.41. The summed E-state index contributed by atoms with van der Waals surface area (Å²) >= 11 is 3.31. The van der Waals surface area contributed by atoms with Gasteiger partial charge < -0.3 is 9.80 Å². The maximum absolute atomic E-state index is 12.6. The van der Waals surface area contributed by atoms with Crippen molar-refractivity contribution in [2.45, 2.75) is 32.9 Å². The van der Waals surface area contributed by atoms with E-state index in [1.54, 1.807) is 32.9 Å². The molecule has 1 aromatic rings. The van der Waals surface area contributed by atoms with Crippen LogP contribution < -0.4 is 0 Å². The molecule has 1 fully saturated rings. The lowest BCUT2D eigenvalue weighted by Crippen LogP contribution is -2.48. The molecule has 0 unspecified atom stereocenters. The second-order valence-corrected chi connectivity index (χ2v) is 7.44. The summed E-state index contributed by atoms with van der Waals surface area (Å²) in [4.78, 5) is 29.7. The Morgan fingerprint density at radius 2 is 2.29 bits per heavy atom. The van der Waals surface area contributed by atoms with Gasteiger partial charge in [-0.25, -0.2) is 0 Å². The van der Waals surface area contributed by atoms with Gasteiger partial charge in [-0.3, -0.25) is 9.59 Å². The molecule has 4 nitrogen and oxygen atoms in total. The van der Waals surface area contributed by atoms with Gasteiger partial charge in [0.15, 0.2) is 0 Å². The molecule has 6 heteroatoms. The zero-order valence-corrected chi connectivity index (χ0v) is 14.4. The van der Waals surface area contributed by atoms with Gasteiger partial charge in [-0.05, 0) is 17.9 Å². The van der Waals surface area contributed by atoms with Crippen LogP contribution in [-0.4, -0.2) is 46.3 Å². The van der Waals surface area contributed by atoms with Crippen molar-refractivity contribution in [1.29, 1.82) is 0 Å². The average molecular weight is 326 g/mol. The minimum atomic E-state index is -0.304. The smallest absolute Gasteiger partial charge is 0.246 e. The van der Waals surface area contributed by atoms with Crippen molar-refractivity contribution in [3.8, 4) is 0 Å². The Morgan fingerprint density at radius 1 is 1.52 bits per heavy atom. The topological polar surface area (TPSA) is 40.6 Å². The van der Waals surface area contributed by atoms with E-state index in [1.807, 2.05) is 38.4 Å². The van der Waals surface area contributed by atoms with Crippen molar-refractivity contribution in [3.05, 3.63) is 22.4 Å². The van der Waals surface area contributed by atoms with Crippen molar-refractivity contribution >= 4 is 34.9 Å². The highest BCUT2D eigenvalue weighted by Crippen LogP contribution is 2.25. The number of hydrogen-bond donors (Lipinski definition) is 0. The molecule has 1 saturated heterocycles. The third kappa shape index (κ3) is 3.80. The fourth-order valence-corrected chi connectivity index (χ4v) is 4.20. The third-order valence-corrected chi connectivity index (χ3v) is 5.71. The van der Waals surface area contributed by atoms with Crippen molar-refractivity contribution < 1.29 is 9.59 Å². The number of amides is 2. The molecule has 2 rings (SSSR count). The zero-order valence-electron chi connectivity index (χ0n) is 12.7. The summed E-state index contributed by atoms with van der Waals surface area (Å²) in [6.45, 7) is 4.55. The Balaban J connectivity index is 2.01. The number of likely N-dealkylation sites (N-methyl/N-ethyl adjacent to an activating group) is 1. The van der Waals surface area contributed by atoms with Crippen molar-refractivity contribution in [3.63, 3.8) is 0 Å². The number of carbonyl (C=O) groups excluding carboxylic acids is 2. The fraction of sp³-hybridized carbons (Fsp3) is 0.600. The molecule has 2 heterocycles. The van der Waals surface area contributed by atoms with E-state index in [0.29, 0.717) is 18.2 Å². The Hall–Kier alpha value is -1.01. The van der Waals surface area contributed by atoms with Crippen LogP contribution in [-0.2, 0) is 16.1 Å². The van der Waals surface area contributed by atoms with E-state index in [1.165, 1.54) is 0 Å². The van der Waals surface area contributed by atoms with Crippen LogP contribution in [0.15, 0.2) is 17.5 Å². The lowest BCUT2D eigenvalue weighted by molar-refractivity contribution is -0.144.